The third-order valence-corrected chi connectivity index (χ3v) is 4.61. The van der Waals surface area contributed by atoms with E-state index < -0.39 is 10.0 Å². The molecule has 1 heterocycles. The van der Waals surface area contributed by atoms with Crippen molar-refractivity contribution in [2.45, 2.75) is 24.8 Å². The Bertz CT molecular complexity index is 730. The molecule has 0 spiro atoms. The molecule has 0 saturated carbocycles. The molecule has 2 N–H and O–H groups in total. The van der Waals surface area contributed by atoms with Gasteiger partial charge in [-0.3, -0.25) is 0 Å². The molecule has 0 aliphatic rings. The van der Waals surface area contributed by atoms with Crippen LogP contribution in [0.15, 0.2) is 27.6 Å². The summed E-state index contributed by atoms with van der Waals surface area (Å²) in [5, 5.41) is 12.8. The molecule has 0 bridgehead atoms. The highest BCUT2D eigenvalue weighted by Crippen LogP contribution is 2.22. The fourth-order valence-electron chi connectivity index (χ4n) is 1.66. The molecule has 0 fully saturated rings. The van der Waals surface area contributed by atoms with Gasteiger partial charge in [-0.2, -0.15) is 4.98 Å². The number of nitrogens with one attached hydrogen (secondary N) is 1. The van der Waals surface area contributed by atoms with Gasteiger partial charge in [0.2, 0.25) is 15.9 Å². The van der Waals surface area contributed by atoms with Gasteiger partial charge >= 0.3 is 0 Å². The summed E-state index contributed by atoms with van der Waals surface area (Å²) in [6, 6.07) is 4.33. The molecule has 0 radical (unpaired) electrons. The van der Waals surface area contributed by atoms with Gasteiger partial charge in [0.25, 0.3) is 0 Å². The summed E-state index contributed by atoms with van der Waals surface area (Å²) in [6.45, 7) is 1.52. The number of aromatic nitrogens is 2. The summed E-state index contributed by atoms with van der Waals surface area (Å²) in [5.74, 6) is 0.844. The predicted molar refractivity (Wildman–Crippen MR) is 75.3 cm³/mol. The molecule has 1 aromatic heterocycles. The van der Waals surface area contributed by atoms with Gasteiger partial charge in [-0.05, 0) is 24.6 Å². The van der Waals surface area contributed by atoms with Crippen LogP contribution in [-0.4, -0.2) is 30.2 Å². The lowest BCUT2D eigenvalue weighted by Crippen LogP contribution is -2.26. The fourth-order valence-corrected chi connectivity index (χ4v) is 3.24. The molecule has 0 amide bonds. The minimum absolute atomic E-state index is 0.0718. The van der Waals surface area contributed by atoms with Crippen molar-refractivity contribution >= 4 is 21.6 Å². The molecular formula is C12H14ClN3O4S. The fraction of sp³-hybridized carbons (Fsp3) is 0.333. The molecule has 0 aliphatic heterocycles. The summed E-state index contributed by atoms with van der Waals surface area (Å²) in [4.78, 5) is 3.90. The lowest BCUT2D eigenvalue weighted by molar-refractivity contribution is 0.281. The Morgan fingerprint density at radius 3 is 2.81 bits per heavy atom. The minimum Gasteiger partial charge on any atom is -0.392 e. The average molecular weight is 332 g/mol. The molecule has 114 valence electrons. The van der Waals surface area contributed by atoms with E-state index in [1.165, 1.54) is 12.1 Å². The zero-order valence-electron chi connectivity index (χ0n) is 11.2. The number of aliphatic hydroxyl groups excluding tert-OH is 1. The first kappa shape index (κ1) is 15.9. The molecule has 7 nitrogen and oxygen atoms in total. The summed E-state index contributed by atoms with van der Waals surface area (Å²) in [6.07, 6.45) is 0.275. The number of hydrogen-bond acceptors (Lipinski definition) is 6. The van der Waals surface area contributed by atoms with Gasteiger partial charge in [-0.25, -0.2) is 13.1 Å². The van der Waals surface area contributed by atoms with E-state index in [1.54, 1.807) is 13.0 Å². The number of hydrogen-bond donors (Lipinski definition) is 2. The maximum Gasteiger partial charge on any atom is 0.242 e. The van der Waals surface area contributed by atoms with E-state index in [0.717, 1.165) is 0 Å². The Morgan fingerprint density at radius 1 is 1.43 bits per heavy atom. The van der Waals surface area contributed by atoms with Crippen LogP contribution in [-0.2, 0) is 23.1 Å². The van der Waals surface area contributed by atoms with E-state index >= 15 is 0 Å². The Kier molecular flexibility index (Phi) is 4.94. The number of benzene rings is 1. The molecular weight excluding hydrogens is 318 g/mol. The topological polar surface area (TPSA) is 105 Å². The molecule has 0 aliphatic carbocycles. The first-order valence-electron chi connectivity index (χ1n) is 6.10. The van der Waals surface area contributed by atoms with Crippen molar-refractivity contribution < 1.29 is 18.0 Å². The lowest BCUT2D eigenvalue weighted by atomic mass is 10.2. The summed E-state index contributed by atoms with van der Waals surface area (Å²) < 4.78 is 31.6. The maximum absolute atomic E-state index is 12.2. The monoisotopic (exact) mass is 331 g/mol. The van der Waals surface area contributed by atoms with E-state index in [2.05, 4.69) is 14.9 Å². The number of aliphatic hydroxyl groups is 1. The van der Waals surface area contributed by atoms with Gasteiger partial charge in [0.15, 0.2) is 5.82 Å². The van der Waals surface area contributed by atoms with E-state index in [-0.39, 0.29) is 29.5 Å². The van der Waals surface area contributed by atoms with Crippen LogP contribution in [0.1, 0.15) is 17.3 Å². The normalized spacial score (nSPS) is 11.8. The zero-order valence-corrected chi connectivity index (χ0v) is 12.8. The standard InChI is InChI=1S/C12H14ClN3O4S/c1-8-15-12(20-16-8)4-5-14-21(18,19)11-6-9(7-17)2-3-10(11)13/h2-3,6,14,17H,4-5,7H2,1H3. The molecule has 9 heteroatoms. The first-order valence-corrected chi connectivity index (χ1v) is 7.96. The number of sulfonamides is 1. The summed E-state index contributed by atoms with van der Waals surface area (Å²) >= 11 is 5.90. The van der Waals surface area contributed by atoms with Gasteiger partial charge < -0.3 is 9.63 Å². The number of halogens is 1. The highest BCUT2D eigenvalue weighted by Gasteiger charge is 2.18. The van der Waals surface area contributed by atoms with E-state index in [9.17, 15) is 8.42 Å². The van der Waals surface area contributed by atoms with Crippen molar-refractivity contribution in [3.63, 3.8) is 0 Å². The van der Waals surface area contributed by atoms with Crippen molar-refractivity contribution in [2.75, 3.05) is 6.54 Å². The SMILES string of the molecule is Cc1noc(CCNS(=O)(=O)c2cc(CO)ccc2Cl)n1. The second kappa shape index (κ2) is 6.52. The third kappa shape index (κ3) is 4.01. The number of aryl methyl sites for hydroxylation is 1. The Hall–Kier alpha value is -1.48. The van der Waals surface area contributed by atoms with E-state index in [1.807, 2.05) is 0 Å². The van der Waals surface area contributed by atoms with Crippen LogP contribution in [0, 0.1) is 6.92 Å². The van der Waals surface area contributed by atoms with Crippen LogP contribution in [0.2, 0.25) is 5.02 Å². The highest BCUT2D eigenvalue weighted by molar-refractivity contribution is 7.89. The minimum atomic E-state index is -3.77. The van der Waals surface area contributed by atoms with Crippen molar-refractivity contribution in [1.82, 2.24) is 14.9 Å². The summed E-state index contributed by atoms with van der Waals surface area (Å²) in [7, 11) is -3.77. The van der Waals surface area contributed by atoms with Crippen LogP contribution in [0.5, 0.6) is 0 Å². The average Bonchev–Trinajstić information content (AvgIpc) is 2.84. The third-order valence-electron chi connectivity index (χ3n) is 2.67. The van der Waals surface area contributed by atoms with Crippen molar-refractivity contribution in [1.29, 1.82) is 0 Å². The van der Waals surface area contributed by atoms with E-state index in [0.29, 0.717) is 17.3 Å². The van der Waals surface area contributed by atoms with Crippen molar-refractivity contribution in [3.8, 4) is 0 Å². The molecule has 1 aromatic carbocycles. The first-order chi connectivity index (χ1) is 9.92. The highest BCUT2D eigenvalue weighted by atomic mass is 35.5. The lowest BCUT2D eigenvalue weighted by Gasteiger charge is -2.08. The maximum atomic E-state index is 12.2. The molecule has 2 aromatic rings. The smallest absolute Gasteiger partial charge is 0.242 e. The molecule has 2 rings (SSSR count). The van der Waals surface area contributed by atoms with Gasteiger partial charge in [0.1, 0.15) is 4.90 Å². The van der Waals surface area contributed by atoms with Gasteiger partial charge in [-0.15, -0.1) is 0 Å². The largest absolute Gasteiger partial charge is 0.392 e. The Morgan fingerprint density at radius 2 is 2.19 bits per heavy atom. The zero-order chi connectivity index (χ0) is 15.5. The second-order valence-corrected chi connectivity index (χ2v) is 6.45. The second-order valence-electron chi connectivity index (χ2n) is 4.31. The molecule has 21 heavy (non-hydrogen) atoms. The number of rotatable bonds is 6. The van der Waals surface area contributed by atoms with Crippen LogP contribution < -0.4 is 4.72 Å². The predicted octanol–water partition coefficient (Wildman–Crippen LogP) is 1.04. The van der Waals surface area contributed by atoms with Gasteiger partial charge in [-0.1, -0.05) is 22.8 Å². The van der Waals surface area contributed by atoms with Crippen LogP contribution in [0.3, 0.4) is 0 Å². The Balaban J connectivity index is 2.07. The van der Waals surface area contributed by atoms with Crippen molar-refractivity contribution in [2.24, 2.45) is 0 Å². The van der Waals surface area contributed by atoms with Gasteiger partial charge in [0.05, 0.1) is 11.6 Å². The Labute approximate surface area is 127 Å². The molecule has 0 atom stereocenters. The number of nitrogens with zero attached hydrogens (tertiary/aromatic N) is 2. The van der Waals surface area contributed by atoms with Crippen LogP contribution >= 0.6 is 11.6 Å². The van der Waals surface area contributed by atoms with Crippen LogP contribution in [0.4, 0.5) is 0 Å². The van der Waals surface area contributed by atoms with Crippen LogP contribution in [0.25, 0.3) is 0 Å². The van der Waals surface area contributed by atoms with Gasteiger partial charge in [0, 0.05) is 13.0 Å². The van der Waals surface area contributed by atoms with E-state index in [4.69, 9.17) is 21.2 Å². The quantitative estimate of drug-likeness (QED) is 0.819. The van der Waals surface area contributed by atoms with Crippen molar-refractivity contribution in [3.05, 3.63) is 40.5 Å². The molecule has 0 saturated heterocycles. The molecule has 0 unspecified atom stereocenters. The summed E-state index contributed by atoms with van der Waals surface area (Å²) in [5.41, 5.74) is 0.465.